The molecule has 3 rings (SSSR count). The van der Waals surface area contributed by atoms with Crippen LogP contribution in [0, 0.1) is 0 Å². The van der Waals surface area contributed by atoms with E-state index in [1.807, 2.05) is 6.07 Å². The third-order valence-corrected chi connectivity index (χ3v) is 3.26. The lowest BCUT2D eigenvalue weighted by Crippen LogP contribution is -2.27. The normalized spacial score (nSPS) is 17.8. The summed E-state index contributed by atoms with van der Waals surface area (Å²) in [5, 5.41) is 6.37. The van der Waals surface area contributed by atoms with Gasteiger partial charge in [0.05, 0.1) is 6.42 Å². The van der Waals surface area contributed by atoms with E-state index in [2.05, 4.69) is 22.8 Å². The van der Waals surface area contributed by atoms with Crippen molar-refractivity contribution in [1.29, 1.82) is 0 Å². The van der Waals surface area contributed by atoms with E-state index < -0.39 is 0 Å². The maximum absolute atomic E-state index is 11.7. The summed E-state index contributed by atoms with van der Waals surface area (Å²) < 4.78 is 0. The maximum Gasteiger partial charge on any atom is 0.224 e. The number of anilines is 1. The molecule has 0 radical (unpaired) electrons. The fourth-order valence-corrected chi connectivity index (χ4v) is 2.26. The molecule has 1 heterocycles. The second-order valence-corrected chi connectivity index (χ2v) is 4.64. The zero-order valence-corrected chi connectivity index (χ0v) is 9.25. The predicted molar refractivity (Wildman–Crippen MR) is 63.5 cm³/mol. The van der Waals surface area contributed by atoms with Crippen LogP contribution in [-0.2, 0) is 17.6 Å². The van der Waals surface area contributed by atoms with Gasteiger partial charge in [-0.2, -0.15) is 0 Å². The highest BCUT2D eigenvalue weighted by Crippen LogP contribution is 2.26. The first-order valence-corrected chi connectivity index (χ1v) is 5.97. The molecule has 1 aliphatic heterocycles. The first-order chi connectivity index (χ1) is 7.83. The van der Waals surface area contributed by atoms with E-state index in [1.54, 1.807) is 0 Å². The molecular weight excluding hydrogens is 200 g/mol. The molecule has 1 saturated carbocycles. The van der Waals surface area contributed by atoms with Gasteiger partial charge < -0.3 is 10.6 Å². The maximum atomic E-state index is 11.7. The van der Waals surface area contributed by atoms with Gasteiger partial charge in [-0.3, -0.25) is 4.79 Å². The van der Waals surface area contributed by atoms with Crippen LogP contribution in [-0.4, -0.2) is 18.5 Å². The molecule has 2 aliphatic rings. The molecule has 1 amide bonds. The molecule has 2 N–H and O–H groups in total. The van der Waals surface area contributed by atoms with Crippen LogP contribution >= 0.6 is 0 Å². The summed E-state index contributed by atoms with van der Waals surface area (Å²) in [5.74, 6) is 0.169. The largest absolute Gasteiger partial charge is 0.384 e. The number of amides is 1. The molecule has 16 heavy (non-hydrogen) atoms. The van der Waals surface area contributed by atoms with Gasteiger partial charge >= 0.3 is 0 Å². The lowest BCUT2D eigenvalue weighted by Gasteiger charge is -2.08. The number of hydrogen-bond acceptors (Lipinski definition) is 2. The van der Waals surface area contributed by atoms with Gasteiger partial charge in [0, 0.05) is 18.3 Å². The van der Waals surface area contributed by atoms with Gasteiger partial charge in [0.2, 0.25) is 5.91 Å². The molecule has 1 aliphatic carbocycles. The Morgan fingerprint density at radius 3 is 3.12 bits per heavy atom. The SMILES string of the molecule is O=C(Cc1cccc2c1CCN2)NC1CC1. The summed E-state index contributed by atoms with van der Waals surface area (Å²) >= 11 is 0. The van der Waals surface area contributed by atoms with Crippen LogP contribution < -0.4 is 10.6 Å². The highest BCUT2D eigenvalue weighted by molar-refractivity contribution is 5.80. The van der Waals surface area contributed by atoms with Crippen LogP contribution in [0.2, 0.25) is 0 Å². The quantitative estimate of drug-likeness (QED) is 0.803. The minimum Gasteiger partial charge on any atom is -0.384 e. The summed E-state index contributed by atoms with van der Waals surface area (Å²) in [5.41, 5.74) is 3.71. The Labute approximate surface area is 95.2 Å². The van der Waals surface area contributed by atoms with E-state index in [0.29, 0.717) is 12.5 Å². The Balaban J connectivity index is 1.73. The Morgan fingerprint density at radius 2 is 2.31 bits per heavy atom. The zero-order chi connectivity index (χ0) is 11.0. The van der Waals surface area contributed by atoms with E-state index in [1.165, 1.54) is 16.8 Å². The molecule has 0 bridgehead atoms. The smallest absolute Gasteiger partial charge is 0.224 e. The van der Waals surface area contributed by atoms with Crippen LogP contribution in [0.25, 0.3) is 0 Å². The lowest BCUT2D eigenvalue weighted by molar-refractivity contribution is -0.120. The third-order valence-electron chi connectivity index (χ3n) is 3.26. The zero-order valence-electron chi connectivity index (χ0n) is 9.25. The van der Waals surface area contributed by atoms with Gasteiger partial charge in [-0.25, -0.2) is 0 Å². The Hall–Kier alpha value is -1.51. The Kier molecular flexibility index (Phi) is 2.31. The summed E-state index contributed by atoms with van der Waals surface area (Å²) in [7, 11) is 0. The van der Waals surface area contributed by atoms with Crippen molar-refractivity contribution in [3.05, 3.63) is 29.3 Å². The van der Waals surface area contributed by atoms with Crippen molar-refractivity contribution in [3.63, 3.8) is 0 Å². The van der Waals surface area contributed by atoms with Crippen molar-refractivity contribution in [2.75, 3.05) is 11.9 Å². The first-order valence-electron chi connectivity index (χ1n) is 5.97. The van der Waals surface area contributed by atoms with Crippen LogP contribution in [0.3, 0.4) is 0 Å². The topological polar surface area (TPSA) is 41.1 Å². The van der Waals surface area contributed by atoms with Crippen LogP contribution in [0.5, 0.6) is 0 Å². The summed E-state index contributed by atoms with van der Waals surface area (Å²) in [4.78, 5) is 11.7. The molecule has 1 aromatic rings. The van der Waals surface area contributed by atoms with E-state index in [9.17, 15) is 4.79 Å². The van der Waals surface area contributed by atoms with Crippen molar-refractivity contribution in [2.24, 2.45) is 0 Å². The summed E-state index contributed by atoms with van der Waals surface area (Å²) in [6, 6.07) is 6.64. The van der Waals surface area contributed by atoms with Gasteiger partial charge in [0.25, 0.3) is 0 Å². The molecule has 3 nitrogen and oxygen atoms in total. The monoisotopic (exact) mass is 216 g/mol. The Bertz CT molecular complexity index is 424. The molecule has 0 atom stereocenters. The number of nitrogens with one attached hydrogen (secondary N) is 2. The number of carbonyl (C=O) groups is 1. The van der Waals surface area contributed by atoms with E-state index in [4.69, 9.17) is 0 Å². The molecule has 0 spiro atoms. The minimum atomic E-state index is 0.169. The van der Waals surface area contributed by atoms with E-state index in [0.717, 1.165) is 25.8 Å². The van der Waals surface area contributed by atoms with Crippen molar-refractivity contribution in [3.8, 4) is 0 Å². The number of fused-ring (bicyclic) bond motifs is 1. The molecule has 1 fully saturated rings. The van der Waals surface area contributed by atoms with Crippen molar-refractivity contribution in [1.82, 2.24) is 5.32 Å². The summed E-state index contributed by atoms with van der Waals surface area (Å²) in [6.07, 6.45) is 3.88. The molecule has 3 heteroatoms. The molecule has 0 aromatic heterocycles. The Morgan fingerprint density at radius 1 is 1.44 bits per heavy atom. The molecule has 84 valence electrons. The average Bonchev–Trinajstić information content (AvgIpc) is 2.94. The minimum absolute atomic E-state index is 0.169. The lowest BCUT2D eigenvalue weighted by atomic mass is 10.0. The van der Waals surface area contributed by atoms with Crippen LogP contribution in [0.1, 0.15) is 24.0 Å². The standard InChI is InChI=1S/C13H16N2O/c16-13(15-10-4-5-10)8-9-2-1-3-12-11(9)6-7-14-12/h1-3,10,14H,4-8H2,(H,15,16). The second-order valence-electron chi connectivity index (χ2n) is 4.64. The number of carbonyl (C=O) groups excluding carboxylic acids is 1. The molecule has 0 saturated heterocycles. The van der Waals surface area contributed by atoms with Crippen LogP contribution in [0.15, 0.2) is 18.2 Å². The van der Waals surface area contributed by atoms with Gasteiger partial charge in [0.15, 0.2) is 0 Å². The number of rotatable bonds is 3. The molecule has 1 aromatic carbocycles. The van der Waals surface area contributed by atoms with Gasteiger partial charge in [0.1, 0.15) is 0 Å². The second kappa shape index (κ2) is 3.81. The van der Waals surface area contributed by atoms with E-state index >= 15 is 0 Å². The van der Waals surface area contributed by atoms with Gasteiger partial charge in [-0.1, -0.05) is 12.1 Å². The van der Waals surface area contributed by atoms with Crippen molar-refractivity contribution < 1.29 is 4.79 Å². The first kappa shape index (κ1) is 9.70. The van der Waals surface area contributed by atoms with Crippen LogP contribution in [0.4, 0.5) is 5.69 Å². The van der Waals surface area contributed by atoms with E-state index in [-0.39, 0.29) is 5.91 Å². The predicted octanol–water partition coefficient (Wildman–Crippen LogP) is 1.48. The van der Waals surface area contributed by atoms with Gasteiger partial charge in [-0.15, -0.1) is 0 Å². The average molecular weight is 216 g/mol. The number of hydrogen-bond donors (Lipinski definition) is 2. The third kappa shape index (κ3) is 1.90. The van der Waals surface area contributed by atoms with Crippen molar-refractivity contribution in [2.45, 2.75) is 31.7 Å². The highest BCUT2D eigenvalue weighted by atomic mass is 16.1. The highest BCUT2D eigenvalue weighted by Gasteiger charge is 2.24. The molecule has 0 unspecified atom stereocenters. The summed E-state index contributed by atoms with van der Waals surface area (Å²) in [6.45, 7) is 0.997. The fourth-order valence-electron chi connectivity index (χ4n) is 2.26. The fraction of sp³-hybridized carbons (Fsp3) is 0.462. The van der Waals surface area contributed by atoms with Gasteiger partial charge in [-0.05, 0) is 36.5 Å². The van der Waals surface area contributed by atoms with Crippen molar-refractivity contribution >= 4 is 11.6 Å². The number of benzene rings is 1. The molecular formula is C13H16N2O.